The topological polar surface area (TPSA) is 84.0 Å². The van der Waals surface area contributed by atoms with E-state index in [0.29, 0.717) is 5.82 Å². The third-order valence-corrected chi connectivity index (χ3v) is 5.36. The molecule has 1 heterocycles. The van der Waals surface area contributed by atoms with Gasteiger partial charge in [-0.05, 0) is 42.5 Å². The van der Waals surface area contributed by atoms with Gasteiger partial charge in [0.2, 0.25) is 11.8 Å². The molecule has 0 aliphatic carbocycles. The summed E-state index contributed by atoms with van der Waals surface area (Å²) in [5.41, 5.74) is 5.67. The summed E-state index contributed by atoms with van der Waals surface area (Å²) in [6.45, 7) is 2.96. The second kappa shape index (κ2) is 9.75. The summed E-state index contributed by atoms with van der Waals surface area (Å²) < 4.78 is 0.977. The molecule has 0 aliphatic rings. The summed E-state index contributed by atoms with van der Waals surface area (Å²) in [7, 11) is 0. The molecule has 0 atom stereocenters. The van der Waals surface area contributed by atoms with Crippen molar-refractivity contribution >= 4 is 39.1 Å². The van der Waals surface area contributed by atoms with Gasteiger partial charge < -0.3 is 10.6 Å². The molecule has 0 saturated carbocycles. The lowest BCUT2D eigenvalue weighted by Gasteiger charge is -2.11. The Morgan fingerprint density at radius 1 is 0.636 bits per heavy atom. The maximum absolute atomic E-state index is 11.3. The van der Waals surface area contributed by atoms with Gasteiger partial charge in [-0.25, -0.2) is 9.97 Å². The largest absolute Gasteiger partial charge is 0.326 e. The lowest BCUT2D eigenvalue weighted by molar-refractivity contribution is -0.115. The summed E-state index contributed by atoms with van der Waals surface area (Å²) in [5, 5.41) is 5.55. The second-order valence-electron chi connectivity index (χ2n) is 7.49. The fourth-order valence-corrected chi connectivity index (χ4v) is 3.59. The summed E-state index contributed by atoms with van der Waals surface area (Å²) in [6.07, 6.45) is 0. The van der Waals surface area contributed by atoms with Gasteiger partial charge in [0, 0.05) is 46.4 Å². The number of anilines is 2. The van der Waals surface area contributed by atoms with E-state index < -0.39 is 0 Å². The van der Waals surface area contributed by atoms with Gasteiger partial charge in [-0.2, -0.15) is 0 Å². The van der Waals surface area contributed by atoms with E-state index in [4.69, 9.17) is 9.97 Å². The van der Waals surface area contributed by atoms with Gasteiger partial charge in [0.05, 0.1) is 11.4 Å². The van der Waals surface area contributed by atoms with Crippen molar-refractivity contribution in [3.63, 3.8) is 0 Å². The fraction of sp³-hybridized carbons (Fsp3) is 0.0769. The molecule has 0 fully saturated rings. The van der Waals surface area contributed by atoms with Crippen LogP contribution in [0, 0.1) is 0 Å². The van der Waals surface area contributed by atoms with Crippen LogP contribution in [-0.2, 0) is 9.59 Å². The number of hydrogen-bond donors (Lipinski definition) is 2. The molecule has 0 aliphatic heterocycles. The van der Waals surface area contributed by atoms with Crippen molar-refractivity contribution in [2.75, 3.05) is 10.6 Å². The molecule has 0 unspecified atom stereocenters. The van der Waals surface area contributed by atoms with E-state index in [1.807, 2.05) is 78.9 Å². The van der Waals surface area contributed by atoms with Crippen molar-refractivity contribution in [1.82, 2.24) is 9.97 Å². The Balaban J connectivity index is 1.77. The maximum Gasteiger partial charge on any atom is 0.221 e. The third kappa shape index (κ3) is 5.70. The Morgan fingerprint density at radius 3 is 1.42 bits per heavy atom. The molecule has 2 N–H and O–H groups in total. The van der Waals surface area contributed by atoms with Gasteiger partial charge in [-0.15, -0.1) is 0 Å². The first kappa shape index (κ1) is 22.4. The van der Waals surface area contributed by atoms with Crippen molar-refractivity contribution in [3.05, 3.63) is 83.3 Å². The number of benzene rings is 3. The predicted octanol–water partition coefficient (Wildman–Crippen LogP) is 6.16. The Hall–Kier alpha value is -3.84. The lowest BCUT2D eigenvalue weighted by Crippen LogP contribution is -2.05. The molecule has 1 aromatic heterocycles. The molecule has 0 bridgehead atoms. The number of carbonyl (C=O) groups excluding carboxylic acids is 2. The van der Waals surface area contributed by atoms with Gasteiger partial charge >= 0.3 is 0 Å². The molecule has 3 aromatic carbocycles. The van der Waals surface area contributed by atoms with Crippen LogP contribution >= 0.6 is 15.9 Å². The van der Waals surface area contributed by atoms with Crippen LogP contribution in [0.25, 0.3) is 33.9 Å². The van der Waals surface area contributed by atoms with E-state index in [-0.39, 0.29) is 11.8 Å². The normalized spacial score (nSPS) is 10.5. The van der Waals surface area contributed by atoms with Crippen LogP contribution in [0.4, 0.5) is 11.4 Å². The number of nitrogens with one attached hydrogen (secondary N) is 2. The average molecular weight is 501 g/mol. The van der Waals surface area contributed by atoms with Gasteiger partial charge in [-0.1, -0.05) is 52.3 Å². The highest BCUT2D eigenvalue weighted by Gasteiger charge is 2.11. The standard InChI is InChI=1S/C26H21BrN4O2/c1-16(32)28-22-11-5-18(6-12-22)24-15-25(19-7-13-23(14-8-19)29-17(2)33)31-26(30-24)20-3-9-21(27)10-4-20/h3-15H,1-2H3,(H,28,32)(H,29,33). The molecular formula is C26H21BrN4O2. The van der Waals surface area contributed by atoms with Gasteiger partial charge in [0.1, 0.15) is 0 Å². The van der Waals surface area contributed by atoms with Gasteiger partial charge in [-0.3, -0.25) is 9.59 Å². The molecule has 0 saturated heterocycles. The van der Waals surface area contributed by atoms with E-state index >= 15 is 0 Å². The van der Waals surface area contributed by atoms with E-state index in [9.17, 15) is 9.59 Å². The first-order valence-corrected chi connectivity index (χ1v) is 11.1. The van der Waals surface area contributed by atoms with Crippen LogP contribution in [0.2, 0.25) is 0 Å². The molecule has 4 rings (SSSR count). The van der Waals surface area contributed by atoms with E-state index in [2.05, 4.69) is 26.6 Å². The molecule has 7 heteroatoms. The summed E-state index contributed by atoms with van der Waals surface area (Å²) in [6, 6.07) is 24.8. The lowest BCUT2D eigenvalue weighted by atomic mass is 10.1. The number of nitrogens with zero attached hydrogens (tertiary/aromatic N) is 2. The monoisotopic (exact) mass is 500 g/mol. The highest BCUT2D eigenvalue weighted by atomic mass is 79.9. The Kier molecular flexibility index (Phi) is 6.60. The van der Waals surface area contributed by atoms with Crippen LogP contribution in [0.3, 0.4) is 0 Å². The van der Waals surface area contributed by atoms with Crippen LogP contribution < -0.4 is 10.6 Å². The minimum Gasteiger partial charge on any atom is -0.326 e. The fourth-order valence-electron chi connectivity index (χ4n) is 3.33. The number of hydrogen-bond acceptors (Lipinski definition) is 4. The number of aromatic nitrogens is 2. The molecule has 164 valence electrons. The SMILES string of the molecule is CC(=O)Nc1ccc(-c2cc(-c3ccc(NC(C)=O)cc3)nc(-c3ccc(Br)cc3)n2)cc1. The summed E-state index contributed by atoms with van der Waals surface area (Å²) in [5.74, 6) is 0.367. The molecule has 4 aromatic rings. The van der Waals surface area contributed by atoms with Crippen molar-refractivity contribution in [2.45, 2.75) is 13.8 Å². The smallest absolute Gasteiger partial charge is 0.221 e. The third-order valence-electron chi connectivity index (χ3n) is 4.83. The predicted molar refractivity (Wildman–Crippen MR) is 135 cm³/mol. The quantitative estimate of drug-likeness (QED) is 0.343. The van der Waals surface area contributed by atoms with Crippen molar-refractivity contribution in [2.24, 2.45) is 0 Å². The summed E-state index contributed by atoms with van der Waals surface area (Å²) in [4.78, 5) is 32.3. The van der Waals surface area contributed by atoms with Crippen molar-refractivity contribution in [3.8, 4) is 33.9 Å². The Bertz CT molecular complexity index is 1220. The molecule has 0 radical (unpaired) electrons. The number of halogens is 1. The first-order chi connectivity index (χ1) is 15.9. The summed E-state index contributed by atoms with van der Waals surface area (Å²) >= 11 is 3.47. The highest BCUT2D eigenvalue weighted by molar-refractivity contribution is 9.10. The van der Waals surface area contributed by atoms with E-state index in [1.54, 1.807) is 0 Å². The molecule has 0 spiro atoms. The number of carbonyl (C=O) groups is 2. The minimum atomic E-state index is -0.118. The molecular weight excluding hydrogens is 480 g/mol. The Morgan fingerprint density at radius 2 is 1.03 bits per heavy atom. The minimum absolute atomic E-state index is 0.118. The van der Waals surface area contributed by atoms with Crippen molar-refractivity contribution in [1.29, 1.82) is 0 Å². The van der Waals surface area contributed by atoms with Crippen LogP contribution in [0.1, 0.15) is 13.8 Å². The van der Waals surface area contributed by atoms with Gasteiger partial charge in [0.15, 0.2) is 5.82 Å². The van der Waals surface area contributed by atoms with Crippen molar-refractivity contribution < 1.29 is 9.59 Å². The van der Waals surface area contributed by atoms with Crippen LogP contribution in [-0.4, -0.2) is 21.8 Å². The van der Waals surface area contributed by atoms with Crippen LogP contribution in [0.15, 0.2) is 83.3 Å². The maximum atomic E-state index is 11.3. The molecule has 6 nitrogen and oxygen atoms in total. The van der Waals surface area contributed by atoms with Gasteiger partial charge in [0.25, 0.3) is 0 Å². The number of rotatable bonds is 5. The Labute approximate surface area is 200 Å². The van der Waals surface area contributed by atoms with E-state index in [1.165, 1.54) is 13.8 Å². The highest BCUT2D eigenvalue weighted by Crippen LogP contribution is 2.29. The van der Waals surface area contributed by atoms with E-state index in [0.717, 1.165) is 43.9 Å². The van der Waals surface area contributed by atoms with Crippen LogP contribution in [0.5, 0.6) is 0 Å². The molecule has 2 amide bonds. The zero-order chi connectivity index (χ0) is 23.4. The number of amides is 2. The first-order valence-electron chi connectivity index (χ1n) is 10.3. The average Bonchev–Trinajstić information content (AvgIpc) is 2.79. The zero-order valence-corrected chi connectivity index (χ0v) is 19.7. The second-order valence-corrected chi connectivity index (χ2v) is 8.40. The molecule has 33 heavy (non-hydrogen) atoms. The zero-order valence-electron chi connectivity index (χ0n) is 18.1.